The molecule has 1 amide bonds. The second kappa shape index (κ2) is 5.99. The van der Waals surface area contributed by atoms with Gasteiger partial charge in [-0.3, -0.25) is 9.78 Å². The van der Waals surface area contributed by atoms with Crippen LogP contribution in [0.2, 0.25) is 0 Å². The molecule has 0 atom stereocenters. The maximum Gasteiger partial charge on any atom is 0.274 e. The van der Waals surface area contributed by atoms with Gasteiger partial charge in [-0.05, 0) is 37.0 Å². The van der Waals surface area contributed by atoms with Gasteiger partial charge in [-0.2, -0.15) is 0 Å². The van der Waals surface area contributed by atoms with E-state index >= 15 is 0 Å². The summed E-state index contributed by atoms with van der Waals surface area (Å²) >= 11 is 0. The summed E-state index contributed by atoms with van der Waals surface area (Å²) in [5.41, 5.74) is 1.26. The van der Waals surface area contributed by atoms with Crippen LogP contribution in [-0.4, -0.2) is 33.4 Å². The molecule has 1 aromatic carbocycles. The van der Waals surface area contributed by atoms with Gasteiger partial charge in [-0.25, -0.2) is 9.37 Å². The van der Waals surface area contributed by atoms with Crippen molar-refractivity contribution in [3.8, 4) is 0 Å². The molecule has 0 saturated heterocycles. The Hall–Kier alpha value is -2.30. The fourth-order valence-electron chi connectivity index (χ4n) is 2.33. The molecule has 5 heteroatoms. The quantitative estimate of drug-likeness (QED) is 0.847. The van der Waals surface area contributed by atoms with Gasteiger partial charge in [0.2, 0.25) is 0 Å². The van der Waals surface area contributed by atoms with Gasteiger partial charge in [0, 0.05) is 25.0 Å². The van der Waals surface area contributed by atoms with E-state index in [0.717, 1.165) is 18.4 Å². The van der Waals surface area contributed by atoms with Crippen molar-refractivity contribution in [3.63, 3.8) is 0 Å². The Morgan fingerprint density at radius 2 is 2.19 bits per heavy atom. The molecule has 0 unspecified atom stereocenters. The highest BCUT2D eigenvalue weighted by atomic mass is 19.1. The zero-order valence-electron chi connectivity index (χ0n) is 11.6. The molecule has 108 valence electrons. The molecule has 1 aliphatic rings. The van der Waals surface area contributed by atoms with E-state index in [1.807, 2.05) is 11.0 Å². The van der Waals surface area contributed by atoms with E-state index in [4.69, 9.17) is 0 Å². The summed E-state index contributed by atoms with van der Waals surface area (Å²) in [6.07, 6.45) is 7.24. The SMILES string of the molecule is O=C(c1cnccn1)N(CCc1cccc(F)c1)C1CC1. The number of aromatic nitrogens is 2. The molecule has 3 rings (SSSR count). The summed E-state index contributed by atoms with van der Waals surface area (Å²) in [5.74, 6) is -0.340. The summed E-state index contributed by atoms with van der Waals surface area (Å²) < 4.78 is 13.2. The molecule has 0 bridgehead atoms. The van der Waals surface area contributed by atoms with Crippen LogP contribution in [0.3, 0.4) is 0 Å². The Bertz CT molecular complexity index is 628. The predicted octanol–water partition coefficient (Wildman–Crippen LogP) is 2.46. The first-order valence-electron chi connectivity index (χ1n) is 7.05. The van der Waals surface area contributed by atoms with Crippen LogP contribution < -0.4 is 0 Å². The molecular weight excluding hydrogens is 269 g/mol. The lowest BCUT2D eigenvalue weighted by molar-refractivity contribution is 0.0738. The van der Waals surface area contributed by atoms with Crippen molar-refractivity contribution in [1.82, 2.24) is 14.9 Å². The molecule has 0 N–H and O–H groups in total. The number of nitrogens with zero attached hydrogens (tertiary/aromatic N) is 3. The fraction of sp³-hybridized carbons (Fsp3) is 0.312. The molecule has 0 spiro atoms. The number of hydrogen-bond acceptors (Lipinski definition) is 3. The summed E-state index contributed by atoms with van der Waals surface area (Å²) in [5, 5.41) is 0. The van der Waals surface area contributed by atoms with Crippen molar-refractivity contribution < 1.29 is 9.18 Å². The van der Waals surface area contributed by atoms with E-state index in [-0.39, 0.29) is 17.8 Å². The van der Waals surface area contributed by atoms with E-state index in [2.05, 4.69) is 9.97 Å². The summed E-state index contributed by atoms with van der Waals surface area (Å²) in [6.45, 7) is 0.573. The van der Waals surface area contributed by atoms with Crippen molar-refractivity contribution in [2.45, 2.75) is 25.3 Å². The van der Waals surface area contributed by atoms with Gasteiger partial charge in [-0.15, -0.1) is 0 Å². The third-order valence-electron chi connectivity index (χ3n) is 3.56. The van der Waals surface area contributed by atoms with E-state index in [1.165, 1.54) is 24.5 Å². The standard InChI is InChI=1S/C16H16FN3O/c17-13-3-1-2-12(10-13)6-9-20(14-4-5-14)16(21)15-11-18-7-8-19-15/h1-3,7-8,10-11,14H,4-6,9H2. The number of amides is 1. The van der Waals surface area contributed by atoms with Gasteiger partial charge in [0.15, 0.2) is 0 Å². The molecule has 21 heavy (non-hydrogen) atoms. The van der Waals surface area contributed by atoms with Crippen LogP contribution in [0.15, 0.2) is 42.9 Å². The second-order valence-corrected chi connectivity index (χ2v) is 5.20. The zero-order chi connectivity index (χ0) is 14.7. The predicted molar refractivity (Wildman–Crippen MR) is 76.2 cm³/mol. The molecule has 2 aromatic rings. The van der Waals surface area contributed by atoms with Crippen LogP contribution in [0, 0.1) is 5.82 Å². The average molecular weight is 285 g/mol. The van der Waals surface area contributed by atoms with Crippen LogP contribution in [0.5, 0.6) is 0 Å². The minimum Gasteiger partial charge on any atom is -0.334 e. The van der Waals surface area contributed by atoms with Crippen LogP contribution in [-0.2, 0) is 6.42 Å². The van der Waals surface area contributed by atoms with Crippen molar-refractivity contribution in [2.75, 3.05) is 6.54 Å². The van der Waals surface area contributed by atoms with Gasteiger partial charge >= 0.3 is 0 Å². The molecule has 0 aliphatic heterocycles. The molecule has 4 nitrogen and oxygen atoms in total. The van der Waals surface area contributed by atoms with E-state index in [0.29, 0.717) is 18.7 Å². The Morgan fingerprint density at radius 1 is 1.33 bits per heavy atom. The number of rotatable bonds is 5. The molecule has 1 saturated carbocycles. The fourth-order valence-corrected chi connectivity index (χ4v) is 2.33. The lowest BCUT2D eigenvalue weighted by Crippen LogP contribution is -2.35. The monoisotopic (exact) mass is 285 g/mol. The van der Waals surface area contributed by atoms with Crippen molar-refractivity contribution in [1.29, 1.82) is 0 Å². The highest BCUT2D eigenvalue weighted by Crippen LogP contribution is 2.28. The number of halogens is 1. The van der Waals surface area contributed by atoms with Crippen LogP contribution in [0.4, 0.5) is 4.39 Å². The molecule has 1 heterocycles. The maximum absolute atomic E-state index is 13.2. The summed E-state index contributed by atoms with van der Waals surface area (Å²) in [7, 11) is 0. The van der Waals surface area contributed by atoms with Crippen molar-refractivity contribution in [3.05, 3.63) is 59.9 Å². The Kier molecular flexibility index (Phi) is 3.90. The van der Waals surface area contributed by atoms with E-state index in [9.17, 15) is 9.18 Å². The Balaban J connectivity index is 1.69. The molecule has 0 radical (unpaired) electrons. The minimum absolute atomic E-state index is 0.0954. The minimum atomic E-state index is -0.245. The van der Waals surface area contributed by atoms with Crippen LogP contribution >= 0.6 is 0 Å². The second-order valence-electron chi connectivity index (χ2n) is 5.20. The number of benzene rings is 1. The highest BCUT2D eigenvalue weighted by molar-refractivity contribution is 5.92. The number of carbonyl (C=O) groups is 1. The van der Waals surface area contributed by atoms with Crippen LogP contribution in [0.1, 0.15) is 28.9 Å². The van der Waals surface area contributed by atoms with Gasteiger partial charge in [0.1, 0.15) is 11.5 Å². The normalized spacial score (nSPS) is 14.0. The van der Waals surface area contributed by atoms with Crippen molar-refractivity contribution in [2.24, 2.45) is 0 Å². The van der Waals surface area contributed by atoms with Gasteiger partial charge in [0.25, 0.3) is 5.91 Å². The molecule has 1 aromatic heterocycles. The highest BCUT2D eigenvalue weighted by Gasteiger charge is 2.33. The Labute approximate surface area is 122 Å². The zero-order valence-corrected chi connectivity index (χ0v) is 11.6. The lowest BCUT2D eigenvalue weighted by Gasteiger charge is -2.21. The van der Waals surface area contributed by atoms with Crippen LogP contribution in [0.25, 0.3) is 0 Å². The summed E-state index contributed by atoms with van der Waals surface area (Å²) in [4.78, 5) is 22.3. The number of carbonyl (C=O) groups excluding carboxylic acids is 1. The van der Waals surface area contributed by atoms with E-state index < -0.39 is 0 Å². The smallest absolute Gasteiger partial charge is 0.274 e. The topological polar surface area (TPSA) is 46.1 Å². The third-order valence-corrected chi connectivity index (χ3v) is 3.56. The first kappa shape index (κ1) is 13.7. The maximum atomic E-state index is 13.2. The third kappa shape index (κ3) is 3.42. The van der Waals surface area contributed by atoms with E-state index in [1.54, 1.807) is 12.3 Å². The summed E-state index contributed by atoms with van der Waals surface area (Å²) in [6, 6.07) is 6.79. The number of hydrogen-bond donors (Lipinski definition) is 0. The van der Waals surface area contributed by atoms with Crippen molar-refractivity contribution >= 4 is 5.91 Å². The Morgan fingerprint density at radius 3 is 2.86 bits per heavy atom. The van der Waals surface area contributed by atoms with Gasteiger partial charge in [0.05, 0.1) is 6.20 Å². The molecule has 1 fully saturated rings. The molecular formula is C16H16FN3O. The first-order valence-corrected chi connectivity index (χ1v) is 7.05. The van der Waals surface area contributed by atoms with Gasteiger partial charge in [-0.1, -0.05) is 12.1 Å². The molecule has 1 aliphatic carbocycles. The average Bonchev–Trinajstić information content (AvgIpc) is 3.33. The first-order chi connectivity index (χ1) is 10.2. The largest absolute Gasteiger partial charge is 0.334 e. The van der Waals surface area contributed by atoms with Gasteiger partial charge < -0.3 is 4.90 Å². The lowest BCUT2D eigenvalue weighted by atomic mass is 10.1.